The first-order valence-corrected chi connectivity index (χ1v) is 13.9. The third kappa shape index (κ3) is 3.79. The smallest absolute Gasteiger partial charge is 1.00 e. The molecule has 2 unspecified atom stereocenters. The topological polar surface area (TPSA) is 35.6 Å². The van der Waals surface area contributed by atoms with Gasteiger partial charge in [0.1, 0.15) is 0 Å². The summed E-state index contributed by atoms with van der Waals surface area (Å²) in [6.45, 7) is 0. The van der Waals surface area contributed by atoms with Crippen LogP contribution in [0.2, 0.25) is 0 Å². The Bertz CT molecular complexity index is 1150. The summed E-state index contributed by atoms with van der Waals surface area (Å²) in [5.74, 6) is 0. The van der Waals surface area contributed by atoms with E-state index >= 15 is 0 Å². The number of aromatic nitrogens is 4. The van der Waals surface area contributed by atoms with Crippen molar-refractivity contribution in [3.05, 3.63) is 108 Å². The number of hydrogen-bond acceptors (Lipinski definition) is 2. The van der Waals surface area contributed by atoms with Crippen LogP contribution in [0, 0.1) is 0 Å². The molecule has 0 bridgehead atoms. The minimum atomic E-state index is -1.28. The van der Waals surface area contributed by atoms with Crippen LogP contribution in [-0.2, 0) is 22.9 Å². The Balaban J connectivity index is 0.00000116. The molecular formula is C24H18Cl2HfN4. The molecule has 0 saturated carbocycles. The standard InChI is InChI=1S/2C12H9N2.2ClH.Hf/c2*1-2-4-11-8-12(7-10(11)3-1)14-6-5-13-9-14;;;/h2*1-9H;2*1H;/q;;;;+2/p-2. The second-order valence-corrected chi connectivity index (χ2v) is 12.7. The summed E-state index contributed by atoms with van der Waals surface area (Å²) >= 11 is -1.28. The average Bonchev–Trinajstić information content (AvgIpc) is 3.55. The van der Waals surface area contributed by atoms with Crippen LogP contribution >= 0.6 is 0 Å². The van der Waals surface area contributed by atoms with Crippen LogP contribution < -0.4 is 24.8 Å². The van der Waals surface area contributed by atoms with Crippen LogP contribution in [0.4, 0.5) is 0 Å². The monoisotopic (exact) mass is 612 g/mol. The SMILES string of the molecule is C1=C(n2ccnc2)[CH]([Hf+2][CH]2C(n3ccnc3)=Cc3ccccc32)c2ccccc21.[Cl-].[Cl-]. The van der Waals surface area contributed by atoms with Crippen molar-refractivity contribution in [3.63, 3.8) is 0 Å². The largest absolute Gasteiger partial charge is 1.00 e. The van der Waals surface area contributed by atoms with Gasteiger partial charge in [0.05, 0.1) is 0 Å². The van der Waals surface area contributed by atoms with E-state index in [4.69, 9.17) is 0 Å². The van der Waals surface area contributed by atoms with E-state index in [9.17, 15) is 0 Å². The number of allylic oxidation sites excluding steroid dienone is 2. The molecule has 2 atom stereocenters. The van der Waals surface area contributed by atoms with E-state index in [1.54, 1.807) is 0 Å². The molecule has 2 heterocycles. The van der Waals surface area contributed by atoms with E-state index in [0.29, 0.717) is 7.35 Å². The van der Waals surface area contributed by atoms with Crippen molar-refractivity contribution in [2.45, 2.75) is 7.35 Å². The van der Waals surface area contributed by atoms with Crippen molar-refractivity contribution in [2.24, 2.45) is 0 Å². The van der Waals surface area contributed by atoms with E-state index in [1.165, 1.54) is 33.6 Å². The van der Waals surface area contributed by atoms with Crippen LogP contribution in [0.15, 0.2) is 86.0 Å². The fourth-order valence-corrected chi connectivity index (χ4v) is 11.7. The predicted octanol–water partition coefficient (Wildman–Crippen LogP) is -1.02. The predicted molar refractivity (Wildman–Crippen MR) is 111 cm³/mol. The maximum atomic E-state index is 4.31. The fraction of sp³-hybridized carbons (Fsp3) is 0.0833. The third-order valence-corrected chi connectivity index (χ3v) is 12.5. The van der Waals surface area contributed by atoms with Gasteiger partial charge in [-0.2, -0.15) is 0 Å². The van der Waals surface area contributed by atoms with Gasteiger partial charge in [0, 0.05) is 0 Å². The summed E-state index contributed by atoms with van der Waals surface area (Å²) in [6, 6.07) is 17.7. The molecule has 0 fully saturated rings. The molecule has 0 spiro atoms. The van der Waals surface area contributed by atoms with Crippen LogP contribution in [0.1, 0.15) is 29.6 Å². The van der Waals surface area contributed by atoms with Crippen molar-refractivity contribution in [1.82, 2.24) is 19.1 Å². The number of halogens is 2. The molecule has 2 aromatic heterocycles. The second-order valence-electron chi connectivity index (χ2n) is 7.37. The van der Waals surface area contributed by atoms with Gasteiger partial charge in [-0.15, -0.1) is 0 Å². The molecular weight excluding hydrogens is 594 g/mol. The molecule has 0 N–H and O–H groups in total. The van der Waals surface area contributed by atoms with Gasteiger partial charge >= 0.3 is 181 Å². The Morgan fingerprint density at radius 3 is 1.52 bits per heavy atom. The van der Waals surface area contributed by atoms with Gasteiger partial charge in [0.2, 0.25) is 0 Å². The Morgan fingerprint density at radius 2 is 1.10 bits per heavy atom. The maximum Gasteiger partial charge on any atom is -1.00 e. The van der Waals surface area contributed by atoms with Gasteiger partial charge in [-0.05, 0) is 0 Å². The molecule has 0 aliphatic heterocycles. The number of imidazole rings is 2. The van der Waals surface area contributed by atoms with Crippen LogP contribution in [0.25, 0.3) is 23.5 Å². The normalized spacial score (nSPS) is 18.1. The number of benzene rings is 2. The van der Waals surface area contributed by atoms with Crippen LogP contribution in [0.5, 0.6) is 0 Å². The van der Waals surface area contributed by atoms with Crippen molar-refractivity contribution < 1.29 is 47.7 Å². The first-order chi connectivity index (χ1) is 14.4. The number of rotatable bonds is 4. The Kier molecular flexibility index (Phi) is 6.47. The molecule has 31 heavy (non-hydrogen) atoms. The quantitative estimate of drug-likeness (QED) is 0.277. The third-order valence-electron chi connectivity index (χ3n) is 5.75. The van der Waals surface area contributed by atoms with Gasteiger partial charge in [-0.1, -0.05) is 0 Å². The van der Waals surface area contributed by atoms with E-state index in [1.807, 2.05) is 25.0 Å². The molecule has 152 valence electrons. The van der Waals surface area contributed by atoms with E-state index in [-0.39, 0.29) is 24.8 Å². The molecule has 0 saturated heterocycles. The molecule has 7 heteroatoms. The first kappa shape index (κ1) is 22.0. The summed E-state index contributed by atoms with van der Waals surface area (Å²) in [6.07, 6.45) is 16.5. The molecule has 6 rings (SSSR count). The summed E-state index contributed by atoms with van der Waals surface area (Å²) in [5.41, 5.74) is 8.42. The van der Waals surface area contributed by atoms with Gasteiger partial charge in [0.25, 0.3) is 0 Å². The molecule has 2 aliphatic rings. The van der Waals surface area contributed by atoms with Gasteiger partial charge in [0.15, 0.2) is 0 Å². The zero-order valence-electron chi connectivity index (χ0n) is 16.4. The fourth-order valence-electron chi connectivity index (χ4n) is 4.40. The first-order valence-electron chi connectivity index (χ1n) is 9.72. The summed E-state index contributed by atoms with van der Waals surface area (Å²) < 4.78 is 5.42. The van der Waals surface area contributed by atoms with E-state index in [0.717, 1.165) is 0 Å². The van der Waals surface area contributed by atoms with Gasteiger partial charge in [-0.3, -0.25) is 0 Å². The number of nitrogens with zero attached hydrogens (tertiary/aromatic N) is 4. The van der Waals surface area contributed by atoms with Crippen molar-refractivity contribution >= 4 is 23.5 Å². The van der Waals surface area contributed by atoms with E-state index < -0.39 is 22.9 Å². The van der Waals surface area contributed by atoms with Crippen LogP contribution in [-0.4, -0.2) is 19.1 Å². The molecule has 0 radical (unpaired) electrons. The van der Waals surface area contributed by atoms with Crippen molar-refractivity contribution in [1.29, 1.82) is 0 Å². The number of hydrogen-bond donors (Lipinski definition) is 0. The summed E-state index contributed by atoms with van der Waals surface area (Å²) in [7, 11) is 0. The summed E-state index contributed by atoms with van der Waals surface area (Å²) in [5, 5.41) is 0. The summed E-state index contributed by atoms with van der Waals surface area (Å²) in [4.78, 5) is 8.61. The minimum absolute atomic E-state index is 0. The van der Waals surface area contributed by atoms with Crippen LogP contribution in [0.3, 0.4) is 0 Å². The van der Waals surface area contributed by atoms with Gasteiger partial charge in [-0.25, -0.2) is 0 Å². The minimum Gasteiger partial charge on any atom is -1.00 e. The van der Waals surface area contributed by atoms with Gasteiger partial charge < -0.3 is 24.8 Å². The Morgan fingerprint density at radius 1 is 0.645 bits per heavy atom. The second kappa shape index (κ2) is 9.11. The van der Waals surface area contributed by atoms with Crippen molar-refractivity contribution in [3.8, 4) is 0 Å². The molecule has 2 aliphatic carbocycles. The zero-order valence-corrected chi connectivity index (χ0v) is 21.5. The molecule has 2 aromatic carbocycles. The number of fused-ring (bicyclic) bond motifs is 2. The Hall–Kier alpha value is -2.21. The van der Waals surface area contributed by atoms with Crippen molar-refractivity contribution in [2.75, 3.05) is 0 Å². The molecule has 0 amide bonds. The maximum absolute atomic E-state index is 4.31. The molecule has 4 nitrogen and oxygen atoms in total. The van der Waals surface area contributed by atoms with E-state index in [2.05, 4.69) is 92.2 Å². The Labute approximate surface area is 204 Å². The molecule has 4 aromatic rings. The average molecular weight is 612 g/mol. The zero-order chi connectivity index (χ0) is 19.2.